The Bertz CT molecular complexity index is 368. The van der Waals surface area contributed by atoms with Gasteiger partial charge in [0.2, 0.25) is 0 Å². The average molecular weight is 354 g/mol. The first-order chi connectivity index (χ1) is 10.1. The lowest BCUT2D eigenvalue weighted by atomic mass is 9.90. The molecule has 1 aliphatic rings. The summed E-state index contributed by atoms with van der Waals surface area (Å²) in [4.78, 5) is 0. The lowest BCUT2D eigenvalue weighted by Crippen LogP contribution is -2.37. The van der Waals surface area contributed by atoms with Crippen molar-refractivity contribution in [2.24, 2.45) is 29.6 Å². The standard InChI is InChI=1S/C15H22F8/c1-8(2)13(16,17)7-11-6-10(11)4-9(3)5-12(14(18,19)20)15(21,22)23/h8-12H,4-7H2,1-3H3. The predicted octanol–water partition coefficient (Wildman–Crippen LogP) is 6.46. The summed E-state index contributed by atoms with van der Waals surface area (Å²) in [6, 6.07) is 0. The van der Waals surface area contributed by atoms with E-state index in [1.54, 1.807) is 0 Å². The van der Waals surface area contributed by atoms with Crippen LogP contribution < -0.4 is 0 Å². The van der Waals surface area contributed by atoms with Gasteiger partial charge >= 0.3 is 12.4 Å². The second kappa shape index (κ2) is 6.75. The van der Waals surface area contributed by atoms with Crippen LogP contribution in [0.2, 0.25) is 0 Å². The molecule has 1 saturated carbocycles. The molecule has 23 heavy (non-hydrogen) atoms. The van der Waals surface area contributed by atoms with Crippen molar-refractivity contribution in [1.82, 2.24) is 0 Å². The summed E-state index contributed by atoms with van der Waals surface area (Å²) < 4.78 is 102. The Morgan fingerprint density at radius 3 is 1.70 bits per heavy atom. The summed E-state index contributed by atoms with van der Waals surface area (Å²) in [7, 11) is 0. The van der Waals surface area contributed by atoms with E-state index in [1.165, 1.54) is 20.8 Å². The van der Waals surface area contributed by atoms with E-state index in [9.17, 15) is 35.1 Å². The predicted molar refractivity (Wildman–Crippen MR) is 70.0 cm³/mol. The van der Waals surface area contributed by atoms with Crippen molar-refractivity contribution in [3.8, 4) is 0 Å². The zero-order valence-corrected chi connectivity index (χ0v) is 13.2. The van der Waals surface area contributed by atoms with Crippen molar-refractivity contribution in [3.63, 3.8) is 0 Å². The van der Waals surface area contributed by atoms with Crippen LogP contribution in [0.3, 0.4) is 0 Å². The number of rotatable bonds is 7. The molecule has 3 atom stereocenters. The zero-order chi connectivity index (χ0) is 18.2. The molecule has 0 spiro atoms. The van der Waals surface area contributed by atoms with Gasteiger partial charge in [-0.25, -0.2) is 8.78 Å². The van der Waals surface area contributed by atoms with Gasteiger partial charge < -0.3 is 0 Å². The Morgan fingerprint density at radius 2 is 1.30 bits per heavy atom. The van der Waals surface area contributed by atoms with E-state index >= 15 is 0 Å². The average Bonchev–Trinajstić information content (AvgIpc) is 2.99. The Hall–Kier alpha value is -0.560. The van der Waals surface area contributed by atoms with Crippen LogP contribution >= 0.6 is 0 Å². The molecule has 1 fully saturated rings. The third kappa shape index (κ3) is 6.10. The fourth-order valence-electron chi connectivity index (χ4n) is 2.90. The van der Waals surface area contributed by atoms with Crippen LogP contribution in [0.4, 0.5) is 35.1 Å². The first kappa shape index (κ1) is 20.5. The SMILES string of the molecule is CC(CC1CC1CC(F)(F)C(C)C)CC(C(F)(F)F)C(F)(F)F. The van der Waals surface area contributed by atoms with Gasteiger partial charge in [0.05, 0.1) is 0 Å². The summed E-state index contributed by atoms with van der Waals surface area (Å²) in [5, 5.41) is 0. The molecule has 1 aliphatic carbocycles. The van der Waals surface area contributed by atoms with Gasteiger partial charge in [0.25, 0.3) is 5.92 Å². The Balaban J connectivity index is 2.51. The molecule has 0 aromatic carbocycles. The van der Waals surface area contributed by atoms with Gasteiger partial charge in [-0.2, -0.15) is 26.3 Å². The van der Waals surface area contributed by atoms with E-state index in [2.05, 4.69) is 0 Å². The second-order valence-electron chi connectivity index (χ2n) is 7.09. The summed E-state index contributed by atoms with van der Waals surface area (Å²) >= 11 is 0. The molecule has 0 aliphatic heterocycles. The highest BCUT2D eigenvalue weighted by Gasteiger charge is 2.57. The van der Waals surface area contributed by atoms with Crippen molar-refractivity contribution in [2.75, 3.05) is 0 Å². The molecule has 0 N–H and O–H groups in total. The minimum Gasteiger partial charge on any atom is -0.207 e. The Morgan fingerprint density at radius 1 is 0.826 bits per heavy atom. The molecule has 0 heterocycles. The lowest BCUT2D eigenvalue weighted by molar-refractivity contribution is -0.288. The quantitative estimate of drug-likeness (QED) is 0.460. The largest absolute Gasteiger partial charge is 0.400 e. The topological polar surface area (TPSA) is 0 Å². The van der Waals surface area contributed by atoms with Crippen LogP contribution in [0.15, 0.2) is 0 Å². The van der Waals surface area contributed by atoms with Gasteiger partial charge in [0.1, 0.15) is 0 Å². The fraction of sp³-hybridized carbons (Fsp3) is 1.00. The van der Waals surface area contributed by atoms with E-state index in [-0.39, 0.29) is 24.7 Å². The van der Waals surface area contributed by atoms with Gasteiger partial charge in [-0.05, 0) is 37.0 Å². The minimum absolute atomic E-state index is 0.126. The van der Waals surface area contributed by atoms with Crippen molar-refractivity contribution in [2.45, 2.75) is 64.7 Å². The number of alkyl halides is 8. The summed E-state index contributed by atoms with van der Waals surface area (Å²) in [6.45, 7) is 4.09. The molecule has 0 nitrogen and oxygen atoms in total. The Kier molecular flexibility index (Phi) is 6.01. The highest BCUT2D eigenvalue weighted by molar-refractivity contribution is 4.92. The highest BCUT2D eigenvalue weighted by atomic mass is 19.4. The molecular formula is C15H22F8. The normalized spacial score (nSPS) is 24.4. The smallest absolute Gasteiger partial charge is 0.207 e. The molecular weight excluding hydrogens is 332 g/mol. The van der Waals surface area contributed by atoms with E-state index < -0.39 is 42.4 Å². The highest BCUT2D eigenvalue weighted by Crippen LogP contribution is 2.51. The molecule has 0 radical (unpaired) electrons. The van der Waals surface area contributed by atoms with E-state index in [4.69, 9.17) is 0 Å². The number of hydrogen-bond acceptors (Lipinski definition) is 0. The maximum absolute atomic E-state index is 13.6. The van der Waals surface area contributed by atoms with Crippen molar-refractivity contribution in [1.29, 1.82) is 0 Å². The summed E-state index contributed by atoms with van der Waals surface area (Å²) in [6.07, 6.45) is -11.5. The Labute approximate surface area is 130 Å². The first-order valence-electron chi connectivity index (χ1n) is 7.65. The van der Waals surface area contributed by atoms with Crippen LogP contribution in [0, 0.1) is 29.6 Å². The molecule has 138 valence electrons. The fourth-order valence-corrected chi connectivity index (χ4v) is 2.90. The lowest BCUT2D eigenvalue weighted by Gasteiger charge is -2.26. The van der Waals surface area contributed by atoms with Crippen molar-refractivity contribution >= 4 is 0 Å². The van der Waals surface area contributed by atoms with Gasteiger partial charge in [0, 0.05) is 12.3 Å². The molecule has 1 rings (SSSR count). The van der Waals surface area contributed by atoms with Gasteiger partial charge in [-0.1, -0.05) is 20.8 Å². The van der Waals surface area contributed by atoms with Crippen LogP contribution in [0.5, 0.6) is 0 Å². The second-order valence-corrected chi connectivity index (χ2v) is 7.09. The van der Waals surface area contributed by atoms with E-state index in [0.717, 1.165) is 0 Å². The van der Waals surface area contributed by atoms with E-state index in [1.807, 2.05) is 0 Å². The molecule has 0 amide bonds. The zero-order valence-electron chi connectivity index (χ0n) is 13.2. The summed E-state index contributed by atoms with van der Waals surface area (Å²) in [5.41, 5.74) is 0. The van der Waals surface area contributed by atoms with Gasteiger partial charge in [-0.15, -0.1) is 0 Å². The summed E-state index contributed by atoms with van der Waals surface area (Å²) in [5.74, 6) is -8.34. The molecule has 0 saturated heterocycles. The third-order valence-corrected chi connectivity index (χ3v) is 4.58. The maximum Gasteiger partial charge on any atom is 0.400 e. The van der Waals surface area contributed by atoms with Gasteiger partial charge in [-0.3, -0.25) is 0 Å². The maximum atomic E-state index is 13.6. The monoisotopic (exact) mass is 354 g/mol. The van der Waals surface area contributed by atoms with E-state index in [0.29, 0.717) is 6.42 Å². The number of halogens is 8. The molecule has 0 aromatic heterocycles. The van der Waals surface area contributed by atoms with Crippen LogP contribution in [0.25, 0.3) is 0 Å². The minimum atomic E-state index is -5.33. The van der Waals surface area contributed by atoms with Crippen molar-refractivity contribution in [3.05, 3.63) is 0 Å². The van der Waals surface area contributed by atoms with Crippen LogP contribution in [-0.4, -0.2) is 18.3 Å². The van der Waals surface area contributed by atoms with Crippen LogP contribution in [-0.2, 0) is 0 Å². The molecule has 0 bridgehead atoms. The number of hydrogen-bond donors (Lipinski definition) is 0. The van der Waals surface area contributed by atoms with Gasteiger partial charge in [0.15, 0.2) is 5.92 Å². The molecule has 0 aromatic rings. The molecule has 3 unspecified atom stereocenters. The van der Waals surface area contributed by atoms with Crippen molar-refractivity contribution < 1.29 is 35.1 Å². The first-order valence-corrected chi connectivity index (χ1v) is 7.65. The molecule has 8 heteroatoms. The van der Waals surface area contributed by atoms with Crippen LogP contribution in [0.1, 0.15) is 46.5 Å². The third-order valence-electron chi connectivity index (χ3n) is 4.58.